The van der Waals surface area contributed by atoms with E-state index in [1.807, 2.05) is 0 Å². The lowest BCUT2D eigenvalue weighted by Crippen LogP contribution is -2.27. The van der Waals surface area contributed by atoms with Crippen LogP contribution in [0.5, 0.6) is 5.75 Å². The van der Waals surface area contributed by atoms with Crippen molar-refractivity contribution in [2.24, 2.45) is 0 Å². The van der Waals surface area contributed by atoms with Crippen LogP contribution in [0.1, 0.15) is 11.1 Å². The number of aryl methyl sites for hydroxylation is 1. The third kappa shape index (κ3) is 3.78. The van der Waals surface area contributed by atoms with Gasteiger partial charge in [-0.25, -0.2) is 8.42 Å². The van der Waals surface area contributed by atoms with Gasteiger partial charge in [0.25, 0.3) is 15.7 Å². The van der Waals surface area contributed by atoms with Gasteiger partial charge in [0.1, 0.15) is 12.4 Å². The van der Waals surface area contributed by atoms with Crippen molar-refractivity contribution >= 4 is 21.4 Å². The van der Waals surface area contributed by atoms with Gasteiger partial charge in [0.05, 0.1) is 15.5 Å². The summed E-state index contributed by atoms with van der Waals surface area (Å²) < 4.78 is 32.3. The highest BCUT2D eigenvalue weighted by molar-refractivity contribution is 7.92. The molecule has 26 heavy (non-hydrogen) atoms. The van der Waals surface area contributed by atoms with Gasteiger partial charge in [-0.1, -0.05) is 5.92 Å². The first-order chi connectivity index (χ1) is 12.2. The molecule has 0 fully saturated rings. The van der Waals surface area contributed by atoms with Crippen molar-refractivity contribution in [3.05, 3.63) is 57.6 Å². The van der Waals surface area contributed by atoms with Crippen LogP contribution in [0.25, 0.3) is 0 Å². The summed E-state index contributed by atoms with van der Waals surface area (Å²) in [6, 6.07) is 8.78. The molecule has 0 unspecified atom stereocenters. The number of terminal acetylenes is 1. The second-order valence-corrected chi connectivity index (χ2v) is 7.54. The topological polar surface area (TPSA) is 89.8 Å². The van der Waals surface area contributed by atoms with Gasteiger partial charge in [0, 0.05) is 19.2 Å². The first kappa shape index (κ1) is 19.3. The Labute approximate surface area is 152 Å². The lowest BCUT2D eigenvalue weighted by molar-refractivity contribution is -0.385. The molecular weight excluding hydrogens is 356 g/mol. The number of anilines is 1. The maximum atomic E-state index is 13.0. The van der Waals surface area contributed by atoms with E-state index < -0.39 is 14.9 Å². The standard InChI is InChI=1S/C18H18N2O5S/c1-5-10-25-17-8-6-15(7-9-17)19(4)26(23,24)18-12-16(20(21)22)11-13(2)14(18)3/h1,6-9,11-12H,10H2,2-4H3. The lowest BCUT2D eigenvalue weighted by atomic mass is 10.1. The lowest BCUT2D eigenvalue weighted by Gasteiger charge is -2.21. The average molecular weight is 374 g/mol. The fourth-order valence-electron chi connectivity index (χ4n) is 2.35. The van der Waals surface area contributed by atoms with Crippen molar-refractivity contribution in [1.82, 2.24) is 0 Å². The van der Waals surface area contributed by atoms with Crippen molar-refractivity contribution < 1.29 is 18.1 Å². The Kier molecular flexibility index (Phi) is 5.53. The average Bonchev–Trinajstić information content (AvgIpc) is 2.61. The molecular formula is C18H18N2O5S. The number of non-ortho nitro benzene ring substituents is 1. The van der Waals surface area contributed by atoms with Crippen LogP contribution < -0.4 is 9.04 Å². The minimum Gasteiger partial charge on any atom is -0.481 e. The molecule has 0 N–H and O–H groups in total. The molecule has 0 radical (unpaired) electrons. The minimum atomic E-state index is -3.98. The molecule has 0 heterocycles. The number of nitro benzene ring substituents is 1. The number of hydrogen-bond donors (Lipinski definition) is 0. The van der Waals surface area contributed by atoms with Crippen molar-refractivity contribution in [3.63, 3.8) is 0 Å². The molecule has 0 aliphatic carbocycles. The Hall–Kier alpha value is -3.05. The first-order valence-electron chi connectivity index (χ1n) is 7.59. The molecule has 0 aliphatic rings. The van der Waals surface area contributed by atoms with Gasteiger partial charge in [-0.2, -0.15) is 0 Å². The maximum absolute atomic E-state index is 13.0. The second kappa shape index (κ2) is 7.45. The van der Waals surface area contributed by atoms with E-state index in [-0.39, 0.29) is 17.2 Å². The molecule has 0 saturated carbocycles. The Balaban J connectivity index is 2.44. The van der Waals surface area contributed by atoms with Crippen LogP contribution >= 0.6 is 0 Å². The molecule has 2 rings (SSSR count). The van der Waals surface area contributed by atoms with E-state index in [0.29, 0.717) is 22.6 Å². The van der Waals surface area contributed by atoms with Crippen LogP contribution in [-0.2, 0) is 10.0 Å². The predicted molar refractivity (Wildman–Crippen MR) is 98.9 cm³/mol. The zero-order valence-electron chi connectivity index (χ0n) is 14.6. The number of ether oxygens (including phenoxy) is 1. The fraction of sp³-hybridized carbons (Fsp3) is 0.222. The molecule has 0 bridgehead atoms. The van der Waals surface area contributed by atoms with Gasteiger partial charge in [0.15, 0.2) is 0 Å². The van der Waals surface area contributed by atoms with Gasteiger partial charge >= 0.3 is 0 Å². The highest BCUT2D eigenvalue weighted by atomic mass is 32.2. The fourth-order valence-corrected chi connectivity index (χ4v) is 3.86. The molecule has 7 nitrogen and oxygen atoms in total. The largest absolute Gasteiger partial charge is 0.481 e. The van der Waals surface area contributed by atoms with E-state index in [0.717, 1.165) is 10.4 Å². The summed E-state index contributed by atoms with van der Waals surface area (Å²) in [5, 5.41) is 11.1. The number of sulfonamides is 1. The van der Waals surface area contributed by atoms with Gasteiger partial charge in [0.2, 0.25) is 0 Å². The highest BCUT2D eigenvalue weighted by Gasteiger charge is 2.26. The Bertz CT molecular complexity index is 976. The van der Waals surface area contributed by atoms with Crippen LogP contribution in [0, 0.1) is 36.3 Å². The molecule has 0 amide bonds. The molecule has 0 aliphatic heterocycles. The van der Waals surface area contributed by atoms with Gasteiger partial charge in [-0.15, -0.1) is 6.42 Å². The third-order valence-electron chi connectivity index (χ3n) is 3.98. The molecule has 2 aromatic carbocycles. The van der Waals surface area contributed by atoms with Crippen molar-refractivity contribution in [1.29, 1.82) is 0 Å². The van der Waals surface area contributed by atoms with E-state index in [4.69, 9.17) is 11.2 Å². The molecule has 0 saturated heterocycles. The van der Waals surface area contributed by atoms with E-state index >= 15 is 0 Å². The van der Waals surface area contributed by atoms with Crippen LogP contribution in [0.4, 0.5) is 11.4 Å². The van der Waals surface area contributed by atoms with Crippen LogP contribution in [0.15, 0.2) is 41.3 Å². The van der Waals surface area contributed by atoms with Crippen LogP contribution in [0.2, 0.25) is 0 Å². The van der Waals surface area contributed by atoms with Gasteiger partial charge < -0.3 is 4.74 Å². The summed E-state index contributed by atoms with van der Waals surface area (Å²) in [7, 11) is -2.59. The third-order valence-corrected chi connectivity index (χ3v) is 5.89. The van der Waals surface area contributed by atoms with E-state index in [9.17, 15) is 18.5 Å². The van der Waals surface area contributed by atoms with E-state index in [2.05, 4.69) is 5.92 Å². The predicted octanol–water partition coefficient (Wildman–Crippen LogP) is 3.05. The summed E-state index contributed by atoms with van der Waals surface area (Å²) in [5.74, 6) is 2.86. The molecule has 2 aromatic rings. The number of benzene rings is 2. The number of rotatable bonds is 6. The van der Waals surface area contributed by atoms with Crippen LogP contribution in [-0.4, -0.2) is 27.0 Å². The molecule has 8 heteroatoms. The highest BCUT2D eigenvalue weighted by Crippen LogP contribution is 2.30. The Morgan fingerprint density at radius 1 is 1.23 bits per heavy atom. The summed E-state index contributed by atoms with van der Waals surface area (Å²) in [6.45, 7) is 3.37. The monoisotopic (exact) mass is 374 g/mol. The molecule has 0 atom stereocenters. The first-order valence-corrected chi connectivity index (χ1v) is 9.03. The molecule has 0 aromatic heterocycles. The zero-order chi connectivity index (χ0) is 19.5. The van der Waals surface area contributed by atoms with Crippen molar-refractivity contribution in [2.75, 3.05) is 18.0 Å². The van der Waals surface area contributed by atoms with Crippen molar-refractivity contribution in [3.8, 4) is 18.1 Å². The van der Waals surface area contributed by atoms with E-state index in [1.54, 1.807) is 38.1 Å². The van der Waals surface area contributed by atoms with Crippen molar-refractivity contribution in [2.45, 2.75) is 18.7 Å². The quantitative estimate of drug-likeness (QED) is 0.440. The number of hydrogen-bond acceptors (Lipinski definition) is 5. The van der Waals surface area contributed by atoms with Gasteiger partial charge in [-0.05, 0) is 49.2 Å². The Morgan fingerprint density at radius 3 is 2.38 bits per heavy atom. The Morgan fingerprint density at radius 2 is 1.85 bits per heavy atom. The normalized spacial score (nSPS) is 10.8. The summed E-state index contributed by atoms with van der Waals surface area (Å²) in [5.41, 5.74) is 1.13. The summed E-state index contributed by atoms with van der Waals surface area (Å²) >= 11 is 0. The van der Waals surface area contributed by atoms with Gasteiger partial charge in [-0.3, -0.25) is 14.4 Å². The smallest absolute Gasteiger partial charge is 0.271 e. The SMILES string of the molecule is C#CCOc1ccc(N(C)S(=O)(=O)c2cc([N+](=O)[O-])cc(C)c2C)cc1. The maximum Gasteiger partial charge on any atom is 0.271 e. The number of nitrogens with zero attached hydrogens (tertiary/aromatic N) is 2. The zero-order valence-corrected chi connectivity index (χ0v) is 15.4. The summed E-state index contributed by atoms with van der Waals surface area (Å²) in [6.07, 6.45) is 5.13. The van der Waals surface area contributed by atoms with E-state index in [1.165, 1.54) is 13.1 Å². The number of nitro groups is 1. The molecule has 0 spiro atoms. The molecule has 136 valence electrons. The minimum absolute atomic E-state index is 0.0978. The summed E-state index contributed by atoms with van der Waals surface area (Å²) in [4.78, 5) is 10.4. The second-order valence-electron chi connectivity index (χ2n) is 5.60. The van der Waals surface area contributed by atoms with Crippen LogP contribution in [0.3, 0.4) is 0 Å².